The van der Waals surface area contributed by atoms with Gasteiger partial charge in [0, 0.05) is 19.9 Å². The summed E-state index contributed by atoms with van der Waals surface area (Å²) in [6.45, 7) is 0. The van der Waals surface area contributed by atoms with Crippen LogP contribution in [0.25, 0.3) is 0 Å². The molecule has 0 aromatic carbocycles. The number of halogens is 7. The summed E-state index contributed by atoms with van der Waals surface area (Å²) < 4.78 is 19.5. The summed E-state index contributed by atoms with van der Waals surface area (Å²) in [7, 11) is 0. The summed E-state index contributed by atoms with van der Waals surface area (Å²) in [5, 5.41) is -3.42. The van der Waals surface area contributed by atoms with E-state index >= 15 is 0 Å². The highest BCUT2D eigenvalue weighted by atomic mass is 79.9. The largest absolute Gasteiger partial charge is 0.192 e. The van der Waals surface area contributed by atoms with Crippen LogP contribution in [-0.2, 0) is 0 Å². The van der Waals surface area contributed by atoms with Crippen LogP contribution in [0.2, 0.25) is 0 Å². The van der Waals surface area contributed by atoms with Gasteiger partial charge >= 0.3 is 0 Å². The summed E-state index contributed by atoms with van der Waals surface area (Å²) in [5.74, 6) is 0. The van der Waals surface area contributed by atoms with Crippen LogP contribution in [0.5, 0.6) is 0 Å². The minimum absolute atomic E-state index is 0.254. The molecule has 0 radical (unpaired) electrons. The van der Waals surface area contributed by atoms with Gasteiger partial charge < -0.3 is 0 Å². The van der Waals surface area contributed by atoms with Crippen molar-refractivity contribution >= 4 is 85.5 Å². The standard InChI is InChI=1S/C7H9BrCl6/c8-6(11)2-4(9)1-5(10)3-7(12,13)14/h4-6H,1-3H2/i4D,5D,6D. The normalized spacial score (nSPS) is 28.9. The Labute approximate surface area is 127 Å². The van der Waals surface area contributed by atoms with E-state index in [4.69, 9.17) is 73.7 Å². The average Bonchev–Trinajstić information content (AvgIpc) is 1.65. The Morgan fingerprint density at radius 1 is 1.07 bits per heavy atom. The maximum Gasteiger partial charge on any atom is 0.192 e. The molecule has 3 unspecified atom stereocenters. The number of hydrogen-bond acceptors (Lipinski definition) is 0. The second kappa shape index (κ2) is 7.53. The van der Waals surface area contributed by atoms with Crippen molar-refractivity contribution in [3.63, 3.8) is 0 Å². The Hall–Kier alpha value is 2.22. The Morgan fingerprint density at radius 2 is 1.57 bits per heavy atom. The predicted molar refractivity (Wildman–Crippen MR) is 72.0 cm³/mol. The summed E-state index contributed by atoms with van der Waals surface area (Å²) in [4.78, 5) is 0. The lowest BCUT2D eigenvalue weighted by Gasteiger charge is -2.18. The second-order valence-corrected chi connectivity index (χ2v) is 7.97. The van der Waals surface area contributed by atoms with Crippen molar-refractivity contribution in [3.8, 4) is 0 Å². The lowest BCUT2D eigenvalue weighted by Crippen LogP contribution is -2.17. The second-order valence-electron chi connectivity index (χ2n) is 2.52. The molecule has 0 amide bonds. The van der Waals surface area contributed by atoms with Crippen LogP contribution in [0.15, 0.2) is 0 Å². The fourth-order valence-electron chi connectivity index (χ4n) is 0.696. The van der Waals surface area contributed by atoms with Gasteiger partial charge in [-0.05, 0) is 12.8 Å². The SMILES string of the molecule is [2H]C(Cl)(Br)CC([2H])(Cl)CC([2H])(Cl)CC(Cl)(Cl)Cl. The minimum Gasteiger partial charge on any atom is -0.123 e. The van der Waals surface area contributed by atoms with Crippen LogP contribution >= 0.6 is 85.5 Å². The van der Waals surface area contributed by atoms with E-state index < -0.39 is 18.8 Å². The molecule has 0 N–H and O–H groups in total. The molecular weight excluding hydrogens is 377 g/mol. The van der Waals surface area contributed by atoms with Crippen LogP contribution in [0.4, 0.5) is 0 Å². The van der Waals surface area contributed by atoms with Crippen LogP contribution in [0, 0.1) is 0 Å². The molecule has 0 bridgehead atoms. The van der Waals surface area contributed by atoms with Gasteiger partial charge in [-0.2, -0.15) is 0 Å². The predicted octanol–water partition coefficient (Wildman–Crippen LogP) is 5.70. The molecule has 0 aliphatic carbocycles. The van der Waals surface area contributed by atoms with Gasteiger partial charge in [0.05, 0.1) is 5.63 Å². The molecule has 0 rings (SSSR count). The summed E-state index contributed by atoms with van der Waals surface area (Å²) in [5.41, 5.74) is 0. The van der Waals surface area contributed by atoms with E-state index in [2.05, 4.69) is 15.9 Å². The third kappa shape index (κ3) is 10.7. The minimum atomic E-state index is -1.72. The van der Waals surface area contributed by atoms with Crippen LogP contribution in [0.3, 0.4) is 0 Å². The number of alkyl halides is 7. The van der Waals surface area contributed by atoms with Crippen molar-refractivity contribution in [2.45, 2.75) is 38.0 Å². The summed E-state index contributed by atoms with van der Waals surface area (Å²) in [6, 6.07) is 0. The zero-order chi connectivity index (χ0) is 14.1. The van der Waals surface area contributed by atoms with E-state index in [1.807, 2.05) is 0 Å². The number of hydrogen-bond donors (Lipinski definition) is 0. The highest BCUT2D eigenvalue weighted by Gasteiger charge is 2.26. The van der Waals surface area contributed by atoms with Gasteiger partial charge in [0.2, 0.25) is 0 Å². The molecule has 0 saturated heterocycles. The van der Waals surface area contributed by atoms with Gasteiger partial charge in [-0.25, -0.2) is 0 Å². The van der Waals surface area contributed by atoms with E-state index in [0.717, 1.165) is 0 Å². The quantitative estimate of drug-likeness (QED) is 0.530. The van der Waals surface area contributed by atoms with Gasteiger partial charge in [-0.15, -0.1) is 34.8 Å². The van der Waals surface area contributed by atoms with E-state index in [1.54, 1.807) is 0 Å². The third-order valence-corrected chi connectivity index (χ3v) is 2.45. The molecule has 0 aliphatic heterocycles. The van der Waals surface area contributed by atoms with Crippen molar-refractivity contribution in [1.29, 1.82) is 0 Å². The molecule has 0 aromatic heterocycles. The van der Waals surface area contributed by atoms with Crippen molar-refractivity contribution in [2.24, 2.45) is 0 Å². The first-order chi connectivity index (χ1) is 7.12. The van der Waals surface area contributed by atoms with Gasteiger partial charge in [0.15, 0.2) is 3.79 Å². The Bertz CT molecular complexity index is 233. The van der Waals surface area contributed by atoms with Crippen molar-refractivity contribution < 1.29 is 4.11 Å². The first-order valence-corrected chi connectivity index (χ1v) is 6.50. The fourth-order valence-corrected chi connectivity index (χ4v) is 2.84. The van der Waals surface area contributed by atoms with E-state index in [-0.39, 0.29) is 19.3 Å². The Morgan fingerprint density at radius 3 is 1.93 bits per heavy atom. The fraction of sp³-hybridized carbons (Fsp3) is 1.00. The maximum absolute atomic E-state index is 7.74. The van der Waals surface area contributed by atoms with Gasteiger partial charge in [0.25, 0.3) is 0 Å². The molecular formula is C7H9BrCl6. The van der Waals surface area contributed by atoms with Gasteiger partial charge in [0.1, 0.15) is 0 Å². The van der Waals surface area contributed by atoms with Gasteiger partial charge in [-0.3, -0.25) is 0 Å². The first-order valence-electron chi connectivity index (χ1n) is 4.94. The van der Waals surface area contributed by atoms with Gasteiger partial charge in [-0.1, -0.05) is 50.7 Å². The van der Waals surface area contributed by atoms with E-state index in [1.165, 1.54) is 0 Å². The summed E-state index contributed by atoms with van der Waals surface area (Å²) in [6.07, 6.45) is -0.860. The lowest BCUT2D eigenvalue weighted by molar-refractivity contribution is 0.651. The average molecular weight is 389 g/mol. The molecule has 0 nitrogen and oxygen atoms in total. The molecule has 0 saturated carbocycles. The van der Waals surface area contributed by atoms with Crippen molar-refractivity contribution in [2.75, 3.05) is 0 Å². The monoisotopic (exact) mass is 385 g/mol. The van der Waals surface area contributed by atoms with E-state index in [9.17, 15) is 0 Å². The molecule has 7 heteroatoms. The topological polar surface area (TPSA) is 0 Å². The first kappa shape index (κ1) is 11.3. The summed E-state index contributed by atoms with van der Waals surface area (Å²) >= 11 is 36.6. The zero-order valence-corrected chi connectivity index (χ0v) is 12.9. The zero-order valence-electron chi connectivity index (χ0n) is 9.77. The molecule has 0 heterocycles. The maximum atomic E-state index is 7.74. The lowest BCUT2D eigenvalue weighted by atomic mass is 10.1. The molecule has 0 aromatic rings. The van der Waals surface area contributed by atoms with E-state index in [0.29, 0.717) is 0 Å². The van der Waals surface area contributed by atoms with Crippen molar-refractivity contribution in [1.82, 2.24) is 0 Å². The van der Waals surface area contributed by atoms with Crippen LogP contribution in [-0.4, -0.2) is 18.8 Å². The van der Waals surface area contributed by atoms with Crippen molar-refractivity contribution in [3.05, 3.63) is 0 Å². The Balaban J connectivity index is 4.59. The highest BCUT2D eigenvalue weighted by molar-refractivity contribution is 9.10. The highest BCUT2D eigenvalue weighted by Crippen LogP contribution is 2.35. The van der Waals surface area contributed by atoms with Crippen LogP contribution in [0.1, 0.15) is 23.4 Å². The smallest absolute Gasteiger partial charge is 0.123 e. The Kier molecular flexibility index (Phi) is 6.09. The molecule has 0 fully saturated rings. The molecule has 3 atom stereocenters. The number of rotatable bonds is 5. The molecule has 14 heavy (non-hydrogen) atoms. The molecule has 0 spiro atoms. The molecule has 0 aliphatic rings. The third-order valence-electron chi connectivity index (χ3n) is 1.10. The van der Waals surface area contributed by atoms with Crippen LogP contribution < -0.4 is 0 Å². The molecule has 86 valence electrons.